The second-order valence-electron chi connectivity index (χ2n) is 11.3. The van der Waals surface area contributed by atoms with Crippen LogP contribution in [0.1, 0.15) is 63.2 Å². The molecule has 8 nitrogen and oxygen atoms in total. The van der Waals surface area contributed by atoms with E-state index < -0.39 is 24.2 Å². The van der Waals surface area contributed by atoms with Crippen LogP contribution in [-0.4, -0.2) is 38.2 Å². The number of fused-ring (bicyclic) bond motifs is 1. The van der Waals surface area contributed by atoms with Crippen LogP contribution in [0.3, 0.4) is 0 Å². The molecular formula is C28H31ClF2N8. The summed E-state index contributed by atoms with van der Waals surface area (Å²) in [6.45, 7) is 11.4. The van der Waals surface area contributed by atoms with Gasteiger partial charge in [-0.1, -0.05) is 43.7 Å². The molecule has 0 aliphatic carbocycles. The fourth-order valence-electron chi connectivity index (χ4n) is 4.06. The number of alkyl halides is 1. The average Bonchev–Trinajstić information content (AvgIpc) is 3.37. The standard InChI is InChI=1S/C28H31ClF2N8/c1-16-19(7-8-23(31)35-16)26(22-13-39(38-37-22)28(5,6)14-30)36-18-9-20-24(34-15-27(2,3)4)17(11-32)12-33-25(20)21(29)10-18/h7-10,12-13,26,36H,14-15H2,1-6H3,(H,33,34)/t26-/m0/s1. The van der Waals surface area contributed by atoms with E-state index in [1.165, 1.54) is 16.9 Å². The number of anilines is 2. The molecule has 3 heterocycles. The zero-order valence-corrected chi connectivity index (χ0v) is 23.5. The summed E-state index contributed by atoms with van der Waals surface area (Å²) in [7, 11) is 0. The first-order valence-corrected chi connectivity index (χ1v) is 12.9. The summed E-state index contributed by atoms with van der Waals surface area (Å²) in [5, 5.41) is 26.1. The molecule has 0 bridgehead atoms. The number of halogens is 3. The van der Waals surface area contributed by atoms with Crippen LogP contribution < -0.4 is 10.6 Å². The van der Waals surface area contributed by atoms with Gasteiger partial charge in [-0.3, -0.25) is 4.98 Å². The third kappa shape index (κ3) is 6.09. The van der Waals surface area contributed by atoms with Crippen LogP contribution in [0.5, 0.6) is 0 Å². The van der Waals surface area contributed by atoms with Crippen molar-refractivity contribution in [2.45, 2.75) is 53.1 Å². The SMILES string of the molecule is Cc1nc(F)ccc1[C@H](Nc1cc(Cl)c2ncc(C#N)c(NCC(C)(C)C)c2c1)c1cn(C(C)(C)CF)nn1. The zero-order chi connectivity index (χ0) is 28.5. The van der Waals surface area contributed by atoms with Gasteiger partial charge in [0.15, 0.2) is 0 Å². The number of pyridine rings is 2. The molecule has 0 amide bonds. The summed E-state index contributed by atoms with van der Waals surface area (Å²) in [4.78, 5) is 8.40. The highest BCUT2D eigenvalue weighted by atomic mass is 35.5. The van der Waals surface area contributed by atoms with Gasteiger partial charge in [0, 0.05) is 35.1 Å². The largest absolute Gasteiger partial charge is 0.383 e. The number of nitrogens with one attached hydrogen (secondary N) is 2. The van der Waals surface area contributed by atoms with Gasteiger partial charge < -0.3 is 10.6 Å². The Labute approximate surface area is 231 Å². The first kappa shape index (κ1) is 28.2. The minimum absolute atomic E-state index is 0.0423. The molecule has 4 aromatic rings. The Bertz CT molecular complexity index is 1550. The molecule has 0 saturated heterocycles. The van der Waals surface area contributed by atoms with Gasteiger partial charge >= 0.3 is 0 Å². The van der Waals surface area contributed by atoms with Crippen molar-refractivity contribution in [3.63, 3.8) is 0 Å². The Kier molecular flexibility index (Phi) is 7.75. The van der Waals surface area contributed by atoms with Gasteiger partial charge in [-0.2, -0.15) is 9.65 Å². The molecule has 1 atom stereocenters. The van der Waals surface area contributed by atoms with Crippen molar-refractivity contribution in [1.82, 2.24) is 25.0 Å². The fourth-order valence-corrected chi connectivity index (χ4v) is 4.33. The quantitative estimate of drug-likeness (QED) is 0.238. The molecule has 11 heteroatoms. The van der Waals surface area contributed by atoms with Crippen molar-refractivity contribution in [1.29, 1.82) is 5.26 Å². The Hall–Kier alpha value is -3.84. The molecule has 0 saturated carbocycles. The summed E-state index contributed by atoms with van der Waals surface area (Å²) in [6, 6.07) is 8.08. The van der Waals surface area contributed by atoms with E-state index in [-0.39, 0.29) is 5.41 Å². The predicted molar refractivity (Wildman–Crippen MR) is 149 cm³/mol. The number of hydrogen-bond donors (Lipinski definition) is 2. The Balaban J connectivity index is 1.85. The first-order chi connectivity index (χ1) is 18.3. The van der Waals surface area contributed by atoms with E-state index in [0.717, 1.165) is 0 Å². The van der Waals surface area contributed by atoms with Crippen molar-refractivity contribution >= 4 is 33.9 Å². The highest BCUT2D eigenvalue weighted by Crippen LogP contribution is 2.36. The number of aromatic nitrogens is 5. The molecule has 39 heavy (non-hydrogen) atoms. The fraction of sp³-hybridized carbons (Fsp3) is 0.393. The van der Waals surface area contributed by atoms with Crippen molar-refractivity contribution < 1.29 is 8.78 Å². The highest BCUT2D eigenvalue weighted by molar-refractivity contribution is 6.35. The lowest BCUT2D eigenvalue weighted by atomic mass is 9.96. The number of hydrogen-bond acceptors (Lipinski definition) is 7. The van der Waals surface area contributed by atoms with Gasteiger partial charge in [0.25, 0.3) is 0 Å². The van der Waals surface area contributed by atoms with Crippen molar-refractivity contribution in [3.8, 4) is 6.07 Å². The third-order valence-electron chi connectivity index (χ3n) is 6.31. The molecule has 3 aromatic heterocycles. The smallest absolute Gasteiger partial charge is 0.213 e. The molecule has 0 spiro atoms. The van der Waals surface area contributed by atoms with E-state index in [1.54, 1.807) is 39.1 Å². The van der Waals surface area contributed by atoms with E-state index in [9.17, 15) is 14.0 Å². The van der Waals surface area contributed by atoms with Gasteiger partial charge in [0.2, 0.25) is 5.95 Å². The van der Waals surface area contributed by atoms with Crippen LogP contribution in [-0.2, 0) is 5.54 Å². The molecule has 2 N–H and O–H groups in total. The van der Waals surface area contributed by atoms with Gasteiger partial charge in [0.1, 0.15) is 18.4 Å². The van der Waals surface area contributed by atoms with Gasteiger partial charge in [0.05, 0.1) is 39.6 Å². The predicted octanol–water partition coefficient (Wildman–Crippen LogP) is 6.56. The molecular weight excluding hydrogens is 522 g/mol. The molecule has 0 aliphatic rings. The number of benzene rings is 1. The monoisotopic (exact) mass is 552 g/mol. The second kappa shape index (κ2) is 10.7. The average molecular weight is 553 g/mol. The minimum atomic E-state index is -0.898. The van der Waals surface area contributed by atoms with Gasteiger partial charge in [-0.15, -0.1) is 5.10 Å². The van der Waals surface area contributed by atoms with Crippen LogP contribution in [0.2, 0.25) is 5.02 Å². The zero-order valence-electron chi connectivity index (χ0n) is 22.8. The van der Waals surface area contributed by atoms with Gasteiger partial charge in [-0.25, -0.2) is 14.1 Å². The van der Waals surface area contributed by atoms with Crippen molar-refractivity contribution in [2.75, 3.05) is 23.9 Å². The molecule has 0 fully saturated rings. The van der Waals surface area contributed by atoms with Gasteiger partial charge in [-0.05, 0) is 44.4 Å². The van der Waals surface area contributed by atoms with Crippen molar-refractivity contribution in [3.05, 3.63) is 70.1 Å². The molecule has 0 radical (unpaired) electrons. The lowest BCUT2D eigenvalue weighted by Gasteiger charge is -2.23. The van der Waals surface area contributed by atoms with Crippen LogP contribution in [0, 0.1) is 29.6 Å². The number of rotatable bonds is 8. The maximum atomic E-state index is 13.9. The number of aryl methyl sites for hydroxylation is 1. The molecule has 0 unspecified atom stereocenters. The van der Waals surface area contributed by atoms with E-state index in [1.807, 2.05) is 6.07 Å². The second-order valence-corrected chi connectivity index (χ2v) is 11.8. The molecule has 204 valence electrons. The molecule has 4 rings (SSSR count). The van der Waals surface area contributed by atoms with E-state index in [2.05, 4.69) is 57.8 Å². The summed E-state index contributed by atoms with van der Waals surface area (Å²) >= 11 is 6.68. The van der Waals surface area contributed by atoms with Crippen LogP contribution >= 0.6 is 11.6 Å². The number of nitrogens with zero attached hydrogens (tertiary/aromatic N) is 6. The third-order valence-corrected chi connectivity index (χ3v) is 6.60. The van der Waals surface area contributed by atoms with Crippen LogP contribution in [0.4, 0.5) is 20.2 Å². The molecule has 0 aliphatic heterocycles. The Morgan fingerprint density at radius 3 is 2.56 bits per heavy atom. The number of nitriles is 1. The van der Waals surface area contributed by atoms with E-state index in [0.29, 0.717) is 56.4 Å². The summed E-state index contributed by atoms with van der Waals surface area (Å²) in [5.41, 5.74) is 2.85. The van der Waals surface area contributed by atoms with Crippen molar-refractivity contribution in [2.24, 2.45) is 5.41 Å². The topological polar surface area (TPSA) is 104 Å². The summed E-state index contributed by atoms with van der Waals surface area (Å²) in [5.74, 6) is -0.601. The maximum Gasteiger partial charge on any atom is 0.213 e. The summed E-state index contributed by atoms with van der Waals surface area (Å²) < 4.78 is 29.0. The minimum Gasteiger partial charge on any atom is -0.383 e. The molecule has 1 aromatic carbocycles. The van der Waals surface area contributed by atoms with Crippen LogP contribution in [0.15, 0.2) is 36.7 Å². The highest BCUT2D eigenvalue weighted by Gasteiger charge is 2.27. The first-order valence-electron chi connectivity index (χ1n) is 12.5. The lowest BCUT2D eigenvalue weighted by Crippen LogP contribution is -2.29. The Morgan fingerprint density at radius 1 is 1.18 bits per heavy atom. The van der Waals surface area contributed by atoms with E-state index in [4.69, 9.17) is 11.6 Å². The van der Waals surface area contributed by atoms with Crippen LogP contribution in [0.25, 0.3) is 10.9 Å². The normalized spacial score (nSPS) is 12.8. The summed E-state index contributed by atoms with van der Waals surface area (Å²) in [6.07, 6.45) is 3.17. The maximum absolute atomic E-state index is 13.9. The lowest BCUT2D eigenvalue weighted by molar-refractivity contribution is 0.232. The van der Waals surface area contributed by atoms with E-state index >= 15 is 0 Å². The Morgan fingerprint density at radius 2 is 1.92 bits per heavy atom.